The van der Waals surface area contributed by atoms with E-state index in [4.69, 9.17) is 23.7 Å². The molecule has 3 atom stereocenters. The van der Waals surface area contributed by atoms with Crippen LogP contribution in [0.15, 0.2) is 12.2 Å². The van der Waals surface area contributed by atoms with Gasteiger partial charge in [-0.15, -0.1) is 0 Å². The van der Waals surface area contributed by atoms with Crippen LogP contribution in [0.4, 0.5) is 0 Å². The Balaban J connectivity index is -0.000000529. The molecule has 3 unspecified atom stereocenters. The number of carbonyl (C=O) groups excluding carboxylic acids is 3. The summed E-state index contributed by atoms with van der Waals surface area (Å²) < 4.78 is 25.3. The molecule has 0 aromatic rings. The van der Waals surface area contributed by atoms with E-state index in [0.29, 0.717) is 36.4 Å². The van der Waals surface area contributed by atoms with Gasteiger partial charge in [0, 0.05) is 5.57 Å². The molecule has 11 heteroatoms. The van der Waals surface area contributed by atoms with E-state index >= 15 is 0 Å². The summed E-state index contributed by atoms with van der Waals surface area (Å²) in [5.74, 6) is 0.131. The highest BCUT2D eigenvalue weighted by Gasteiger charge is 2.31. The highest BCUT2D eigenvalue weighted by atomic mass is 35.5. The van der Waals surface area contributed by atoms with Gasteiger partial charge in [-0.25, -0.2) is 4.79 Å². The van der Waals surface area contributed by atoms with Crippen molar-refractivity contribution in [3.05, 3.63) is 12.2 Å². The fraction of sp³-hybridized carbons (Fsp3) is 0.844. The molecule has 0 saturated carbocycles. The molecule has 2 aliphatic heterocycles. The molecule has 1 N–H and O–H groups in total. The van der Waals surface area contributed by atoms with Gasteiger partial charge in [0.2, 0.25) is 0 Å². The summed E-state index contributed by atoms with van der Waals surface area (Å²) in [7, 11) is 5.96. The number of aliphatic hydroxyl groups excluding tert-OH is 1. The second-order valence-corrected chi connectivity index (χ2v) is 13.8. The lowest BCUT2D eigenvalue weighted by Gasteiger charge is -2.27. The van der Waals surface area contributed by atoms with Gasteiger partial charge in [0.05, 0.1) is 45.2 Å². The maximum absolute atomic E-state index is 11.6. The standard InChI is InChI=1S/C12H26NO3.C9H16O3.C7H10O3.C4H10.ClH/c1-7-12(2,3)11(15)16-9-10(14)8-13(4,5)6;1-4-9(2,3)8(10)12-6-7-5-11-7;1-5(2)7(8)10-4-6-3-9-6;1-4(2)3;/h10,14H,7-9H2,1-6H3;7H,4-6H2,1-3H3;6H,1,3-4H2,2H3;4H,1-3H3;1H/q+1;;;;/p-1. The number of halogens is 1. The number of esters is 3. The van der Waals surface area contributed by atoms with Crippen molar-refractivity contribution in [1.29, 1.82) is 0 Å². The number of nitrogens with zero attached hydrogens (tertiary/aromatic N) is 1. The van der Waals surface area contributed by atoms with E-state index in [9.17, 15) is 19.5 Å². The molecule has 2 saturated heterocycles. The lowest BCUT2D eigenvalue weighted by molar-refractivity contribution is -0.873. The van der Waals surface area contributed by atoms with Gasteiger partial charge in [-0.1, -0.05) is 41.2 Å². The maximum atomic E-state index is 11.6. The summed E-state index contributed by atoms with van der Waals surface area (Å²) in [6.07, 6.45) is 1.25. The first-order valence-corrected chi connectivity index (χ1v) is 15.0. The van der Waals surface area contributed by atoms with Crippen molar-refractivity contribution in [2.24, 2.45) is 16.7 Å². The highest BCUT2D eigenvalue weighted by molar-refractivity contribution is 5.86. The molecule has 0 radical (unpaired) electrons. The predicted molar refractivity (Wildman–Crippen MR) is 165 cm³/mol. The molecular formula is C32H62ClNO9. The van der Waals surface area contributed by atoms with E-state index in [2.05, 4.69) is 27.4 Å². The smallest absolute Gasteiger partial charge is 0.333 e. The number of hydrogen-bond donors (Lipinski definition) is 1. The zero-order valence-electron chi connectivity index (χ0n) is 29.2. The Hall–Kier alpha value is -1.72. The van der Waals surface area contributed by atoms with Crippen LogP contribution in [0.3, 0.4) is 0 Å². The van der Waals surface area contributed by atoms with E-state index < -0.39 is 11.5 Å². The largest absolute Gasteiger partial charge is 1.00 e. The minimum Gasteiger partial charge on any atom is -1.00 e. The maximum Gasteiger partial charge on any atom is 0.333 e. The molecule has 0 aromatic heterocycles. The fourth-order valence-corrected chi connectivity index (χ4v) is 2.33. The van der Waals surface area contributed by atoms with Crippen molar-refractivity contribution in [2.75, 3.05) is 60.7 Å². The van der Waals surface area contributed by atoms with Crippen molar-refractivity contribution >= 4 is 17.9 Å². The summed E-state index contributed by atoms with van der Waals surface area (Å²) in [5, 5.41) is 9.68. The van der Waals surface area contributed by atoms with Crippen LogP contribution in [0.5, 0.6) is 0 Å². The van der Waals surface area contributed by atoms with Crippen molar-refractivity contribution < 1.29 is 60.1 Å². The Kier molecular flexibility index (Phi) is 23.3. The minimum atomic E-state index is -0.600. The fourth-order valence-electron chi connectivity index (χ4n) is 2.33. The topological polar surface area (TPSA) is 124 Å². The van der Waals surface area contributed by atoms with Crippen LogP contribution < -0.4 is 12.4 Å². The quantitative estimate of drug-likeness (QED) is 0.105. The summed E-state index contributed by atoms with van der Waals surface area (Å²) in [5.41, 5.74) is -0.383. The van der Waals surface area contributed by atoms with Crippen LogP contribution >= 0.6 is 0 Å². The van der Waals surface area contributed by atoms with Gasteiger partial charge < -0.3 is 45.7 Å². The Labute approximate surface area is 267 Å². The van der Waals surface area contributed by atoms with E-state index in [1.807, 2.05) is 62.7 Å². The third kappa shape index (κ3) is 27.6. The van der Waals surface area contributed by atoms with Crippen LogP contribution in [0.25, 0.3) is 0 Å². The monoisotopic (exact) mass is 639 g/mol. The van der Waals surface area contributed by atoms with Crippen molar-refractivity contribution in [3.8, 4) is 0 Å². The summed E-state index contributed by atoms with van der Waals surface area (Å²) in [6, 6.07) is 0. The van der Waals surface area contributed by atoms with Gasteiger partial charge in [0.15, 0.2) is 0 Å². The Morgan fingerprint density at radius 1 is 0.860 bits per heavy atom. The zero-order valence-corrected chi connectivity index (χ0v) is 30.0. The number of hydrogen-bond acceptors (Lipinski definition) is 9. The lowest BCUT2D eigenvalue weighted by Crippen LogP contribution is -3.00. The number of ether oxygens (including phenoxy) is 5. The van der Waals surface area contributed by atoms with Crippen LogP contribution in [0.2, 0.25) is 0 Å². The van der Waals surface area contributed by atoms with Crippen molar-refractivity contribution in [2.45, 2.75) is 100 Å². The Morgan fingerprint density at radius 2 is 1.21 bits per heavy atom. The van der Waals surface area contributed by atoms with Gasteiger partial charge in [-0.05, 0) is 53.4 Å². The van der Waals surface area contributed by atoms with Gasteiger partial charge in [0.1, 0.15) is 44.7 Å². The normalized spacial score (nSPS) is 17.6. The number of aliphatic hydroxyl groups is 1. The number of epoxide rings is 2. The summed E-state index contributed by atoms with van der Waals surface area (Å²) in [6.45, 7) is 25.9. The molecule has 0 amide bonds. The Morgan fingerprint density at radius 3 is 1.51 bits per heavy atom. The van der Waals surface area contributed by atoms with Crippen molar-refractivity contribution in [1.82, 2.24) is 0 Å². The Bertz CT molecular complexity index is 811. The lowest BCUT2D eigenvalue weighted by atomic mass is 9.91. The molecule has 10 nitrogen and oxygen atoms in total. The van der Waals surface area contributed by atoms with Gasteiger partial charge in [-0.3, -0.25) is 9.59 Å². The van der Waals surface area contributed by atoms with Crippen LogP contribution in [0, 0.1) is 16.7 Å². The molecule has 2 aliphatic rings. The van der Waals surface area contributed by atoms with E-state index in [1.54, 1.807) is 6.92 Å². The first kappa shape index (κ1) is 45.7. The van der Waals surface area contributed by atoms with Gasteiger partial charge >= 0.3 is 17.9 Å². The predicted octanol–water partition coefficient (Wildman–Crippen LogP) is 1.57. The first-order chi connectivity index (χ1) is 19.1. The highest BCUT2D eigenvalue weighted by Crippen LogP contribution is 2.23. The summed E-state index contributed by atoms with van der Waals surface area (Å²) in [4.78, 5) is 33.7. The van der Waals surface area contributed by atoms with Crippen LogP contribution in [0.1, 0.15) is 82.1 Å². The molecule has 0 aromatic carbocycles. The molecule has 0 bridgehead atoms. The first-order valence-electron chi connectivity index (χ1n) is 15.0. The number of quaternary nitrogens is 1. The molecule has 0 spiro atoms. The molecule has 2 rings (SSSR count). The third-order valence-electron chi connectivity index (χ3n) is 5.99. The SMILES string of the molecule is C=C(C)C(=O)OCC1CO1.CC(C)C.CCC(C)(C)C(=O)OCC(O)C[N+](C)(C)C.CCC(C)(C)C(=O)OCC1CO1.[Cl-]. The number of likely N-dealkylation sites (N-methyl/N-ethyl adjacent to an activating group) is 1. The van der Waals surface area contributed by atoms with E-state index in [1.165, 1.54) is 0 Å². The molecule has 2 heterocycles. The van der Waals surface area contributed by atoms with Gasteiger partial charge in [0.25, 0.3) is 0 Å². The third-order valence-corrected chi connectivity index (χ3v) is 5.99. The molecule has 256 valence electrons. The summed E-state index contributed by atoms with van der Waals surface area (Å²) >= 11 is 0. The number of rotatable bonds is 13. The van der Waals surface area contributed by atoms with E-state index in [0.717, 1.165) is 25.4 Å². The molecular weight excluding hydrogens is 578 g/mol. The number of carbonyl (C=O) groups is 3. The average molecular weight is 640 g/mol. The zero-order chi connectivity index (χ0) is 33.3. The van der Waals surface area contributed by atoms with Crippen molar-refractivity contribution in [3.63, 3.8) is 0 Å². The second-order valence-electron chi connectivity index (χ2n) is 13.8. The van der Waals surface area contributed by atoms with Crippen LogP contribution in [-0.4, -0.2) is 107 Å². The van der Waals surface area contributed by atoms with Gasteiger partial charge in [-0.2, -0.15) is 0 Å². The minimum absolute atomic E-state index is 0. The average Bonchev–Trinajstić information content (AvgIpc) is 3.79. The van der Waals surface area contributed by atoms with E-state index in [-0.39, 0.29) is 54.5 Å². The van der Waals surface area contributed by atoms with Crippen LogP contribution in [-0.2, 0) is 38.1 Å². The second kappa shape index (κ2) is 21.9. The molecule has 43 heavy (non-hydrogen) atoms. The molecule has 2 fully saturated rings. The molecule has 0 aliphatic carbocycles.